The van der Waals surface area contributed by atoms with Crippen molar-refractivity contribution in [1.82, 2.24) is 0 Å². The van der Waals surface area contributed by atoms with E-state index < -0.39 is 0 Å². The molecule has 4 heteroatoms. The molecule has 0 atom stereocenters. The second-order valence-corrected chi connectivity index (χ2v) is 5.97. The summed E-state index contributed by atoms with van der Waals surface area (Å²) in [7, 11) is 0. The Morgan fingerprint density at radius 1 is 1.10 bits per heavy atom. The minimum atomic E-state index is 0.793. The normalized spacial score (nSPS) is 22.8. The van der Waals surface area contributed by atoms with Gasteiger partial charge in [0.05, 0.1) is 6.54 Å². The molecule has 1 aromatic rings. The maximum Gasteiger partial charge on any atom is 0.137 e. The largest absolute Gasteiger partial charge is 0.488 e. The van der Waals surface area contributed by atoms with Crippen LogP contribution in [0, 0.1) is 0 Å². The standard InChI is InChI=1S/C16H25ClN2O/c1-3-14-13-15(5-6-16(14)17)20-12-11-19-9-7-18(4-2)8-10-19/h5-6,13H,3-4,7-12H2,1-2H3/p+2. The summed E-state index contributed by atoms with van der Waals surface area (Å²) in [6, 6.07) is 5.97. The van der Waals surface area contributed by atoms with Gasteiger partial charge in [0.25, 0.3) is 0 Å². The maximum absolute atomic E-state index is 6.12. The van der Waals surface area contributed by atoms with Gasteiger partial charge in [-0.3, -0.25) is 0 Å². The molecule has 0 bridgehead atoms. The average molecular weight is 299 g/mol. The molecule has 112 valence electrons. The van der Waals surface area contributed by atoms with Crippen molar-refractivity contribution in [3.63, 3.8) is 0 Å². The van der Waals surface area contributed by atoms with Crippen molar-refractivity contribution in [2.75, 3.05) is 45.9 Å². The number of nitrogens with one attached hydrogen (secondary N) is 2. The van der Waals surface area contributed by atoms with E-state index in [1.54, 1.807) is 9.80 Å². The van der Waals surface area contributed by atoms with Gasteiger partial charge in [-0.1, -0.05) is 18.5 Å². The quantitative estimate of drug-likeness (QED) is 0.761. The van der Waals surface area contributed by atoms with Crippen LogP contribution >= 0.6 is 11.6 Å². The zero-order chi connectivity index (χ0) is 14.4. The molecule has 0 amide bonds. The summed E-state index contributed by atoms with van der Waals surface area (Å²) in [6.45, 7) is 12.7. The molecule has 0 saturated carbocycles. The second-order valence-electron chi connectivity index (χ2n) is 5.56. The van der Waals surface area contributed by atoms with E-state index in [9.17, 15) is 0 Å². The molecule has 3 nitrogen and oxygen atoms in total. The highest BCUT2D eigenvalue weighted by atomic mass is 35.5. The first-order chi connectivity index (χ1) is 9.72. The Morgan fingerprint density at radius 2 is 1.80 bits per heavy atom. The number of likely N-dealkylation sites (N-methyl/N-ethyl adjacent to an activating group) is 1. The fraction of sp³-hybridized carbons (Fsp3) is 0.625. The molecule has 1 aromatic carbocycles. The Bertz CT molecular complexity index is 417. The first kappa shape index (κ1) is 15.6. The highest BCUT2D eigenvalue weighted by Gasteiger charge is 2.21. The van der Waals surface area contributed by atoms with Gasteiger partial charge >= 0.3 is 0 Å². The Labute approximate surface area is 127 Å². The molecule has 0 unspecified atom stereocenters. The smallest absolute Gasteiger partial charge is 0.137 e. The number of aryl methyl sites for hydroxylation is 1. The van der Waals surface area contributed by atoms with E-state index >= 15 is 0 Å². The molecule has 1 saturated heterocycles. The van der Waals surface area contributed by atoms with E-state index in [4.69, 9.17) is 16.3 Å². The fourth-order valence-corrected chi connectivity index (χ4v) is 3.04. The van der Waals surface area contributed by atoms with Gasteiger partial charge in [0.2, 0.25) is 0 Å². The minimum Gasteiger partial charge on any atom is -0.488 e. The first-order valence-electron chi connectivity index (χ1n) is 7.81. The molecule has 1 aliphatic heterocycles. The maximum atomic E-state index is 6.12. The summed E-state index contributed by atoms with van der Waals surface area (Å²) >= 11 is 6.12. The Kier molecular flexibility index (Phi) is 6.14. The van der Waals surface area contributed by atoms with E-state index in [1.807, 2.05) is 12.1 Å². The minimum absolute atomic E-state index is 0.793. The Balaban J connectivity index is 1.73. The van der Waals surface area contributed by atoms with Crippen molar-refractivity contribution >= 4 is 11.6 Å². The van der Waals surface area contributed by atoms with Crippen molar-refractivity contribution in [2.45, 2.75) is 20.3 Å². The third-order valence-electron chi connectivity index (χ3n) is 4.29. The molecule has 1 aliphatic rings. The van der Waals surface area contributed by atoms with Crippen LogP contribution in [0.15, 0.2) is 18.2 Å². The lowest BCUT2D eigenvalue weighted by molar-refractivity contribution is -1.01. The van der Waals surface area contributed by atoms with Crippen molar-refractivity contribution in [2.24, 2.45) is 0 Å². The first-order valence-corrected chi connectivity index (χ1v) is 8.19. The molecule has 1 heterocycles. The predicted octanol–water partition coefficient (Wildman–Crippen LogP) is 0.0845. The summed E-state index contributed by atoms with van der Waals surface area (Å²) in [5, 5.41) is 0.837. The van der Waals surface area contributed by atoms with Gasteiger partial charge in [0.1, 0.15) is 45.1 Å². The third-order valence-corrected chi connectivity index (χ3v) is 4.66. The van der Waals surface area contributed by atoms with E-state index in [1.165, 1.54) is 32.7 Å². The summed E-state index contributed by atoms with van der Waals surface area (Å²) in [5.41, 5.74) is 1.16. The lowest BCUT2D eigenvalue weighted by atomic mass is 10.1. The molecule has 2 N–H and O–H groups in total. The lowest BCUT2D eigenvalue weighted by Gasteiger charge is -2.28. The van der Waals surface area contributed by atoms with Gasteiger partial charge in [-0.05, 0) is 37.1 Å². The lowest BCUT2D eigenvalue weighted by Crippen LogP contribution is -3.28. The Morgan fingerprint density at radius 3 is 2.45 bits per heavy atom. The number of hydrogen-bond acceptors (Lipinski definition) is 1. The molecule has 0 spiro atoms. The average Bonchev–Trinajstić information content (AvgIpc) is 2.49. The van der Waals surface area contributed by atoms with Crippen molar-refractivity contribution < 1.29 is 14.5 Å². The van der Waals surface area contributed by atoms with Gasteiger partial charge in [0, 0.05) is 5.02 Å². The zero-order valence-electron chi connectivity index (χ0n) is 12.7. The van der Waals surface area contributed by atoms with Crippen LogP contribution < -0.4 is 14.5 Å². The van der Waals surface area contributed by atoms with E-state index in [0.717, 1.165) is 35.9 Å². The van der Waals surface area contributed by atoms with Crippen LogP contribution in [0.3, 0.4) is 0 Å². The summed E-state index contributed by atoms with van der Waals surface area (Å²) in [5.74, 6) is 0.948. The molecule has 2 rings (SSSR count). The molecule has 0 radical (unpaired) electrons. The number of piperazine rings is 1. The Hall–Kier alpha value is -0.770. The molecule has 20 heavy (non-hydrogen) atoms. The second kappa shape index (κ2) is 7.87. The van der Waals surface area contributed by atoms with Crippen LogP contribution in [0.1, 0.15) is 19.4 Å². The van der Waals surface area contributed by atoms with Crippen LogP contribution in [0.2, 0.25) is 5.02 Å². The fourth-order valence-electron chi connectivity index (χ4n) is 2.79. The van der Waals surface area contributed by atoms with Gasteiger partial charge in [-0.25, -0.2) is 0 Å². The van der Waals surface area contributed by atoms with Crippen molar-refractivity contribution in [3.05, 3.63) is 28.8 Å². The summed E-state index contributed by atoms with van der Waals surface area (Å²) < 4.78 is 5.87. The van der Waals surface area contributed by atoms with Crippen LogP contribution in [-0.2, 0) is 6.42 Å². The molecule has 0 aromatic heterocycles. The highest BCUT2D eigenvalue weighted by molar-refractivity contribution is 6.31. The van der Waals surface area contributed by atoms with E-state index in [2.05, 4.69) is 19.9 Å². The van der Waals surface area contributed by atoms with Gasteiger partial charge < -0.3 is 14.5 Å². The van der Waals surface area contributed by atoms with E-state index in [0.29, 0.717) is 0 Å². The zero-order valence-corrected chi connectivity index (χ0v) is 13.4. The number of hydrogen-bond donors (Lipinski definition) is 2. The van der Waals surface area contributed by atoms with Crippen LogP contribution in [0.25, 0.3) is 0 Å². The van der Waals surface area contributed by atoms with Gasteiger partial charge in [-0.2, -0.15) is 0 Å². The van der Waals surface area contributed by atoms with Gasteiger partial charge in [-0.15, -0.1) is 0 Å². The predicted molar refractivity (Wildman–Crippen MR) is 83.1 cm³/mol. The van der Waals surface area contributed by atoms with Crippen molar-refractivity contribution in [3.8, 4) is 5.75 Å². The van der Waals surface area contributed by atoms with E-state index in [-0.39, 0.29) is 0 Å². The molecule has 0 aliphatic carbocycles. The number of quaternary nitrogens is 2. The topological polar surface area (TPSA) is 18.1 Å². The summed E-state index contributed by atoms with van der Waals surface area (Å²) in [4.78, 5) is 3.41. The number of benzene rings is 1. The van der Waals surface area contributed by atoms with Crippen LogP contribution in [0.5, 0.6) is 5.75 Å². The highest BCUT2D eigenvalue weighted by Crippen LogP contribution is 2.22. The molecular formula is C16H27ClN2O+2. The van der Waals surface area contributed by atoms with Gasteiger partial charge in [0.15, 0.2) is 0 Å². The molecular weight excluding hydrogens is 272 g/mol. The van der Waals surface area contributed by atoms with Crippen LogP contribution in [0.4, 0.5) is 0 Å². The van der Waals surface area contributed by atoms with Crippen LogP contribution in [-0.4, -0.2) is 45.9 Å². The monoisotopic (exact) mass is 298 g/mol. The number of rotatable bonds is 6. The molecule has 1 fully saturated rings. The third kappa shape index (κ3) is 4.37. The number of ether oxygens (including phenoxy) is 1. The summed E-state index contributed by atoms with van der Waals surface area (Å²) in [6.07, 6.45) is 0.947. The number of halogens is 1. The SMILES string of the molecule is CCc1cc(OCC[NH+]2CC[NH+](CC)CC2)ccc1Cl. The van der Waals surface area contributed by atoms with Crippen molar-refractivity contribution in [1.29, 1.82) is 0 Å².